The molecule has 21 heavy (non-hydrogen) atoms. The number of amides is 1. The highest BCUT2D eigenvalue weighted by Gasteiger charge is 2.34. The monoisotopic (exact) mass is 314 g/mol. The van der Waals surface area contributed by atoms with Crippen LogP contribution in [0.15, 0.2) is 53.6 Å². The number of likely N-dealkylation sites (N-methyl/N-ethyl adjacent to an activating group) is 1. The maximum absolute atomic E-state index is 12.5. The van der Waals surface area contributed by atoms with Gasteiger partial charge in [0.05, 0.1) is 5.70 Å². The first-order valence-electron chi connectivity index (χ1n) is 6.53. The van der Waals surface area contributed by atoms with Crippen LogP contribution < -0.4 is 4.90 Å². The summed E-state index contributed by atoms with van der Waals surface area (Å²) in [6.45, 7) is 4.12. The van der Waals surface area contributed by atoms with Crippen molar-refractivity contribution in [2.75, 3.05) is 18.5 Å². The van der Waals surface area contributed by atoms with Gasteiger partial charge in [-0.3, -0.25) is 9.69 Å². The van der Waals surface area contributed by atoms with Gasteiger partial charge in [-0.2, -0.15) is 0 Å². The average molecular weight is 314 g/mol. The molecule has 0 N–H and O–H groups in total. The van der Waals surface area contributed by atoms with Crippen molar-refractivity contribution in [1.82, 2.24) is 4.90 Å². The highest BCUT2D eigenvalue weighted by molar-refractivity contribution is 8.26. The predicted molar refractivity (Wildman–Crippen MR) is 93.0 cm³/mol. The summed E-state index contributed by atoms with van der Waals surface area (Å²) in [6.07, 6.45) is 5.70. The molecule has 0 saturated carbocycles. The zero-order valence-electron chi connectivity index (χ0n) is 11.6. The summed E-state index contributed by atoms with van der Waals surface area (Å²) in [4.78, 5) is 16.8. The Kier molecular flexibility index (Phi) is 3.69. The Balaban J connectivity index is 2.04. The Morgan fingerprint density at radius 3 is 2.86 bits per heavy atom. The molecular weight excluding hydrogens is 300 g/mol. The van der Waals surface area contributed by atoms with Crippen LogP contribution >= 0.6 is 24.0 Å². The molecule has 1 amide bonds. The summed E-state index contributed by atoms with van der Waals surface area (Å²) in [7, 11) is 1.97. The SMILES string of the molecule is C=CCN1C(=O)/C(=C2/C=Cc3ccccc3N2C)SC1=S. The van der Waals surface area contributed by atoms with Crippen LogP contribution in [0.2, 0.25) is 0 Å². The highest BCUT2D eigenvalue weighted by atomic mass is 32.2. The van der Waals surface area contributed by atoms with Crippen LogP contribution in [0.4, 0.5) is 5.69 Å². The minimum atomic E-state index is -0.0456. The molecule has 0 aromatic heterocycles. The van der Waals surface area contributed by atoms with Gasteiger partial charge in [0, 0.05) is 19.3 Å². The molecule has 0 aliphatic carbocycles. The zero-order valence-corrected chi connectivity index (χ0v) is 13.2. The quantitative estimate of drug-likeness (QED) is 0.474. The van der Waals surface area contributed by atoms with E-state index in [-0.39, 0.29) is 5.91 Å². The van der Waals surface area contributed by atoms with Gasteiger partial charge in [-0.1, -0.05) is 54.3 Å². The number of allylic oxidation sites excluding steroid dienone is 1. The molecular formula is C16H14N2OS2. The molecule has 106 valence electrons. The first kappa shape index (κ1) is 14.1. The first-order chi connectivity index (χ1) is 10.1. The van der Waals surface area contributed by atoms with E-state index in [1.165, 1.54) is 11.8 Å². The van der Waals surface area contributed by atoms with E-state index < -0.39 is 0 Å². The molecule has 0 radical (unpaired) electrons. The number of para-hydroxylation sites is 1. The van der Waals surface area contributed by atoms with E-state index in [1.807, 2.05) is 42.3 Å². The van der Waals surface area contributed by atoms with E-state index >= 15 is 0 Å². The lowest BCUT2D eigenvalue weighted by molar-refractivity contribution is -0.121. The molecule has 2 aliphatic heterocycles. The van der Waals surface area contributed by atoms with E-state index in [0.717, 1.165) is 16.9 Å². The lowest BCUT2D eigenvalue weighted by Gasteiger charge is -2.27. The van der Waals surface area contributed by atoms with Gasteiger partial charge in [0.2, 0.25) is 0 Å². The standard InChI is InChI=1S/C16H14N2OS2/c1-3-10-18-15(19)14(21-16(18)20)13-9-8-11-6-4-5-7-12(11)17(13)2/h3-9H,1,10H2,2H3/b14-13+. The number of thioether (sulfide) groups is 1. The smallest absolute Gasteiger partial charge is 0.268 e. The van der Waals surface area contributed by atoms with E-state index in [1.54, 1.807) is 11.0 Å². The van der Waals surface area contributed by atoms with Crippen molar-refractivity contribution in [3.05, 3.63) is 59.2 Å². The third kappa shape index (κ3) is 2.32. The number of hydrogen-bond donors (Lipinski definition) is 0. The van der Waals surface area contributed by atoms with Crippen molar-refractivity contribution in [3.8, 4) is 0 Å². The minimum Gasteiger partial charge on any atom is -0.343 e. The lowest BCUT2D eigenvalue weighted by atomic mass is 10.1. The number of fused-ring (bicyclic) bond motifs is 1. The second-order valence-corrected chi connectivity index (χ2v) is 6.38. The number of thiocarbonyl (C=S) groups is 1. The van der Waals surface area contributed by atoms with E-state index in [9.17, 15) is 4.79 Å². The largest absolute Gasteiger partial charge is 0.343 e. The van der Waals surface area contributed by atoms with E-state index in [0.29, 0.717) is 15.8 Å². The van der Waals surface area contributed by atoms with Crippen LogP contribution in [-0.4, -0.2) is 28.7 Å². The second kappa shape index (κ2) is 5.50. The second-order valence-electron chi connectivity index (χ2n) is 4.74. The fourth-order valence-corrected chi connectivity index (χ4v) is 3.77. The van der Waals surface area contributed by atoms with Gasteiger partial charge in [0.15, 0.2) is 0 Å². The van der Waals surface area contributed by atoms with Gasteiger partial charge < -0.3 is 4.90 Å². The Labute approximate surface area is 133 Å². The van der Waals surface area contributed by atoms with Crippen molar-refractivity contribution < 1.29 is 4.79 Å². The maximum atomic E-state index is 12.5. The topological polar surface area (TPSA) is 23.6 Å². The minimum absolute atomic E-state index is 0.0456. The molecule has 1 fully saturated rings. The molecule has 3 nitrogen and oxygen atoms in total. The van der Waals surface area contributed by atoms with Crippen LogP contribution in [-0.2, 0) is 4.79 Å². The normalized spacial score (nSPS) is 21.0. The van der Waals surface area contributed by atoms with Gasteiger partial charge in [-0.15, -0.1) is 6.58 Å². The summed E-state index contributed by atoms with van der Waals surface area (Å²) in [5.41, 5.74) is 3.12. The third-order valence-electron chi connectivity index (χ3n) is 3.47. The van der Waals surface area contributed by atoms with Crippen LogP contribution in [0, 0.1) is 0 Å². The van der Waals surface area contributed by atoms with E-state index in [2.05, 4.69) is 12.6 Å². The Morgan fingerprint density at radius 1 is 1.33 bits per heavy atom. The first-order valence-corrected chi connectivity index (χ1v) is 7.75. The molecule has 0 atom stereocenters. The number of nitrogens with zero attached hydrogens (tertiary/aromatic N) is 2. The average Bonchev–Trinajstić information content (AvgIpc) is 2.76. The van der Waals surface area contributed by atoms with E-state index in [4.69, 9.17) is 12.2 Å². The van der Waals surface area contributed by atoms with Crippen LogP contribution in [0.3, 0.4) is 0 Å². The van der Waals surface area contributed by atoms with Crippen molar-refractivity contribution in [1.29, 1.82) is 0 Å². The summed E-state index contributed by atoms with van der Waals surface area (Å²) >= 11 is 6.64. The summed E-state index contributed by atoms with van der Waals surface area (Å²) in [5.74, 6) is -0.0456. The molecule has 0 unspecified atom stereocenters. The molecule has 1 saturated heterocycles. The number of carbonyl (C=O) groups excluding carboxylic acids is 1. The zero-order chi connectivity index (χ0) is 15.0. The number of rotatable bonds is 2. The summed E-state index contributed by atoms with van der Waals surface area (Å²) in [6, 6.07) is 8.10. The predicted octanol–water partition coefficient (Wildman–Crippen LogP) is 3.41. The lowest BCUT2D eigenvalue weighted by Crippen LogP contribution is -2.29. The Morgan fingerprint density at radius 2 is 2.10 bits per heavy atom. The Hall–Kier alpha value is -1.85. The summed E-state index contributed by atoms with van der Waals surface area (Å²) in [5, 5.41) is 0. The molecule has 5 heteroatoms. The molecule has 0 bridgehead atoms. The van der Waals surface area contributed by atoms with Gasteiger partial charge in [0.25, 0.3) is 5.91 Å². The van der Waals surface area contributed by atoms with Crippen molar-refractivity contribution in [2.24, 2.45) is 0 Å². The number of hydrogen-bond acceptors (Lipinski definition) is 4. The number of anilines is 1. The van der Waals surface area contributed by atoms with Gasteiger partial charge in [-0.25, -0.2) is 0 Å². The number of benzene rings is 1. The van der Waals surface area contributed by atoms with Crippen LogP contribution in [0.1, 0.15) is 5.56 Å². The highest BCUT2D eigenvalue weighted by Crippen LogP contribution is 2.38. The fourth-order valence-electron chi connectivity index (χ4n) is 2.41. The van der Waals surface area contributed by atoms with Crippen LogP contribution in [0.25, 0.3) is 6.08 Å². The molecule has 2 aliphatic rings. The fraction of sp³-hybridized carbons (Fsp3) is 0.125. The molecule has 1 aromatic carbocycles. The summed E-state index contributed by atoms with van der Waals surface area (Å²) < 4.78 is 0.586. The van der Waals surface area contributed by atoms with Gasteiger partial charge in [-0.05, 0) is 17.7 Å². The van der Waals surface area contributed by atoms with Crippen molar-refractivity contribution in [2.45, 2.75) is 0 Å². The molecule has 2 heterocycles. The maximum Gasteiger partial charge on any atom is 0.268 e. The third-order valence-corrected chi connectivity index (χ3v) is 4.93. The molecule has 3 rings (SSSR count). The van der Waals surface area contributed by atoms with Crippen LogP contribution in [0.5, 0.6) is 0 Å². The Bertz CT molecular complexity index is 706. The van der Waals surface area contributed by atoms with Gasteiger partial charge >= 0.3 is 0 Å². The van der Waals surface area contributed by atoms with Crippen molar-refractivity contribution in [3.63, 3.8) is 0 Å². The number of carbonyl (C=O) groups is 1. The van der Waals surface area contributed by atoms with Gasteiger partial charge in [0.1, 0.15) is 9.23 Å². The molecule has 0 spiro atoms. The van der Waals surface area contributed by atoms with Crippen molar-refractivity contribution >= 4 is 46.0 Å². The molecule has 1 aromatic rings.